The van der Waals surface area contributed by atoms with E-state index < -0.39 is 6.11 Å². The lowest BCUT2D eigenvalue weighted by molar-refractivity contribution is -0.158. The van der Waals surface area contributed by atoms with E-state index >= 15 is 0 Å². The number of hydrogen-bond donors (Lipinski definition) is 1. The first-order valence-electron chi connectivity index (χ1n) is 21.1. The second-order valence-electron chi connectivity index (χ2n) is 17.1. The molecule has 8 aromatic rings. The van der Waals surface area contributed by atoms with Crippen LogP contribution in [0.15, 0.2) is 158 Å². The van der Waals surface area contributed by atoms with Crippen LogP contribution in [0.5, 0.6) is 5.75 Å². The van der Waals surface area contributed by atoms with E-state index in [1.165, 1.54) is 41.0 Å². The second-order valence-corrected chi connectivity index (χ2v) is 17.1. The maximum atomic E-state index is 13.2. The standard InChI is InChI=1S/C28H28F2N2O3.C26H25NO/c1-27(2,3)34-18-19-9-5-6-10-22(19)24-17-32(25-12-8-7-11-23(24)25)26(33)31-20-13-15-21(16-14-20)35-28(4,29)30;1-18(2)21-8-4-5-9-22(21)24-17-27(25-11-7-6-10-23(24)25)26(28)16-20-14-12-19(3)13-15-20/h5-17H,18H2,1-4H3,(H,31,33);4-15,17-18H,16H2,1-3H3. The van der Waals surface area contributed by atoms with Crippen LogP contribution in [0.2, 0.25) is 0 Å². The monoisotopic (exact) mass is 845 g/mol. The van der Waals surface area contributed by atoms with Gasteiger partial charge in [-0.2, -0.15) is 8.78 Å². The van der Waals surface area contributed by atoms with E-state index in [0.717, 1.165) is 49.6 Å². The highest BCUT2D eigenvalue weighted by Gasteiger charge is 2.24. The van der Waals surface area contributed by atoms with Gasteiger partial charge in [0, 0.05) is 46.9 Å². The molecular formula is C54H53F2N3O4. The van der Waals surface area contributed by atoms with Crippen LogP contribution in [0.3, 0.4) is 0 Å². The Morgan fingerprint density at radius 2 is 1.17 bits per heavy atom. The zero-order valence-corrected chi connectivity index (χ0v) is 36.8. The molecule has 0 aliphatic heterocycles. The Balaban J connectivity index is 0.000000193. The molecule has 0 bridgehead atoms. The van der Waals surface area contributed by atoms with E-state index in [4.69, 9.17) is 4.74 Å². The molecule has 322 valence electrons. The van der Waals surface area contributed by atoms with Crippen LogP contribution in [0.4, 0.5) is 19.3 Å². The predicted octanol–water partition coefficient (Wildman–Crippen LogP) is 14.3. The molecule has 0 radical (unpaired) electrons. The summed E-state index contributed by atoms with van der Waals surface area (Å²) in [6, 6.07) is 45.9. The number of anilines is 1. The fourth-order valence-electron chi connectivity index (χ4n) is 7.57. The van der Waals surface area contributed by atoms with Crippen LogP contribution >= 0.6 is 0 Å². The summed E-state index contributed by atoms with van der Waals surface area (Å²) < 4.78 is 40.1. The number of aromatic nitrogens is 2. The van der Waals surface area contributed by atoms with E-state index in [9.17, 15) is 18.4 Å². The van der Waals surface area contributed by atoms with Gasteiger partial charge in [-0.05, 0) is 97.8 Å². The molecule has 2 heterocycles. The van der Waals surface area contributed by atoms with Crippen LogP contribution < -0.4 is 10.1 Å². The number of alkyl halides is 2. The number of benzene rings is 6. The molecule has 0 atom stereocenters. The molecule has 0 unspecified atom stereocenters. The normalized spacial score (nSPS) is 11.7. The number of para-hydroxylation sites is 2. The lowest BCUT2D eigenvalue weighted by Crippen LogP contribution is -2.20. The summed E-state index contributed by atoms with van der Waals surface area (Å²) in [5.41, 5.74) is 10.7. The molecule has 1 amide bonds. The minimum atomic E-state index is -3.28. The number of nitrogens with one attached hydrogen (secondary N) is 1. The Bertz CT molecular complexity index is 2860. The molecule has 8 rings (SSSR count). The van der Waals surface area contributed by atoms with Crippen molar-refractivity contribution in [1.29, 1.82) is 0 Å². The SMILES string of the molecule is CC(C)(C)OCc1ccccc1-c1cn(C(=O)Nc2ccc(OC(C)(F)F)cc2)c2ccccc12.Cc1ccc(CC(=O)n2cc(-c3ccccc3C(C)C)c3ccccc32)cc1. The number of carbonyl (C=O) groups is 2. The fourth-order valence-corrected chi connectivity index (χ4v) is 7.57. The summed E-state index contributed by atoms with van der Waals surface area (Å²) >= 11 is 0. The van der Waals surface area contributed by atoms with Gasteiger partial charge in [-0.3, -0.25) is 13.9 Å². The first-order chi connectivity index (χ1) is 30.0. The third kappa shape index (κ3) is 10.8. The summed E-state index contributed by atoms with van der Waals surface area (Å²) in [5.74, 6) is 0.521. The zero-order valence-electron chi connectivity index (χ0n) is 36.8. The van der Waals surface area contributed by atoms with Crippen LogP contribution in [0.1, 0.15) is 74.5 Å². The second kappa shape index (κ2) is 18.6. The maximum absolute atomic E-state index is 13.2. The zero-order chi connectivity index (χ0) is 44.9. The fraction of sp³-hybridized carbons (Fsp3) is 0.222. The molecule has 1 N–H and O–H groups in total. The molecule has 0 saturated heterocycles. The summed E-state index contributed by atoms with van der Waals surface area (Å²) in [7, 11) is 0. The van der Waals surface area contributed by atoms with Crippen molar-refractivity contribution in [3.05, 3.63) is 180 Å². The molecule has 6 aromatic carbocycles. The predicted molar refractivity (Wildman–Crippen MR) is 251 cm³/mol. The smallest absolute Gasteiger partial charge is 0.394 e. The van der Waals surface area contributed by atoms with Gasteiger partial charge >= 0.3 is 12.1 Å². The van der Waals surface area contributed by atoms with Crippen molar-refractivity contribution in [3.8, 4) is 28.0 Å². The minimum absolute atomic E-state index is 0.0123. The number of aryl methyl sites for hydroxylation is 1. The molecule has 63 heavy (non-hydrogen) atoms. The number of fused-ring (bicyclic) bond motifs is 2. The summed E-state index contributed by atoms with van der Waals surface area (Å²) in [4.78, 5) is 26.3. The number of nitrogens with zero attached hydrogens (tertiary/aromatic N) is 2. The number of carbonyl (C=O) groups excluding carboxylic acids is 2. The molecule has 0 spiro atoms. The topological polar surface area (TPSA) is 74.5 Å². The first-order valence-corrected chi connectivity index (χ1v) is 21.1. The first kappa shape index (κ1) is 44.2. The van der Waals surface area contributed by atoms with Crippen molar-refractivity contribution in [1.82, 2.24) is 9.13 Å². The average molecular weight is 846 g/mol. The van der Waals surface area contributed by atoms with E-state index in [1.807, 2.05) is 117 Å². The van der Waals surface area contributed by atoms with E-state index in [0.29, 0.717) is 31.6 Å². The third-order valence-corrected chi connectivity index (χ3v) is 10.6. The molecule has 2 aromatic heterocycles. The quantitative estimate of drug-likeness (QED) is 0.149. The van der Waals surface area contributed by atoms with E-state index in [1.54, 1.807) is 4.57 Å². The van der Waals surface area contributed by atoms with Gasteiger partial charge < -0.3 is 14.8 Å². The minimum Gasteiger partial charge on any atom is -0.433 e. The van der Waals surface area contributed by atoms with Crippen molar-refractivity contribution in [3.63, 3.8) is 0 Å². The van der Waals surface area contributed by atoms with Gasteiger partial charge in [0.15, 0.2) is 0 Å². The lowest BCUT2D eigenvalue weighted by Gasteiger charge is -2.20. The Kier molecular flexibility index (Phi) is 13.1. The summed E-state index contributed by atoms with van der Waals surface area (Å²) in [6.07, 6.45) is 0.942. The van der Waals surface area contributed by atoms with Crippen LogP contribution in [0, 0.1) is 6.92 Å². The van der Waals surface area contributed by atoms with Gasteiger partial charge in [-0.15, -0.1) is 0 Å². The molecule has 0 aliphatic carbocycles. The number of hydrogen-bond acceptors (Lipinski definition) is 4. The molecule has 0 fully saturated rings. The number of halogens is 2. The Hall–Kier alpha value is -6.84. The molecule has 0 saturated carbocycles. The molecule has 9 heteroatoms. The Labute approximate surface area is 367 Å². The van der Waals surface area contributed by atoms with Gasteiger partial charge in [0.05, 0.1) is 29.7 Å². The van der Waals surface area contributed by atoms with Gasteiger partial charge in [-0.1, -0.05) is 129 Å². The average Bonchev–Trinajstić information content (AvgIpc) is 3.84. The Morgan fingerprint density at radius 1 is 0.635 bits per heavy atom. The lowest BCUT2D eigenvalue weighted by atomic mass is 9.92. The third-order valence-electron chi connectivity index (χ3n) is 10.6. The van der Waals surface area contributed by atoms with Crippen molar-refractivity contribution < 1.29 is 27.8 Å². The van der Waals surface area contributed by atoms with Gasteiger partial charge in [0.2, 0.25) is 5.91 Å². The number of ether oxygens (including phenoxy) is 2. The van der Waals surface area contributed by atoms with Crippen molar-refractivity contribution in [2.24, 2.45) is 0 Å². The highest BCUT2D eigenvalue weighted by molar-refractivity contribution is 6.05. The summed E-state index contributed by atoms with van der Waals surface area (Å²) in [6.45, 7) is 13.6. The molecular weight excluding hydrogens is 793 g/mol. The number of amides is 1. The Morgan fingerprint density at radius 3 is 1.79 bits per heavy atom. The van der Waals surface area contributed by atoms with Gasteiger partial charge in [-0.25, -0.2) is 4.79 Å². The van der Waals surface area contributed by atoms with Crippen molar-refractivity contribution in [2.45, 2.75) is 79.1 Å². The van der Waals surface area contributed by atoms with Gasteiger partial charge in [0.25, 0.3) is 0 Å². The van der Waals surface area contributed by atoms with E-state index in [-0.39, 0.29) is 23.3 Å². The van der Waals surface area contributed by atoms with Gasteiger partial charge in [0.1, 0.15) is 5.75 Å². The highest BCUT2D eigenvalue weighted by Crippen LogP contribution is 2.37. The van der Waals surface area contributed by atoms with Crippen LogP contribution in [-0.2, 0) is 17.8 Å². The highest BCUT2D eigenvalue weighted by atomic mass is 19.3. The van der Waals surface area contributed by atoms with Crippen molar-refractivity contribution in [2.75, 3.05) is 5.32 Å². The largest absolute Gasteiger partial charge is 0.433 e. The summed E-state index contributed by atoms with van der Waals surface area (Å²) in [5, 5.41) is 4.87. The molecule has 0 aliphatic rings. The van der Waals surface area contributed by atoms with Crippen LogP contribution in [0.25, 0.3) is 44.1 Å². The maximum Gasteiger partial charge on any atom is 0.394 e. The van der Waals surface area contributed by atoms with Crippen molar-refractivity contribution >= 4 is 39.4 Å². The van der Waals surface area contributed by atoms with Crippen LogP contribution in [-0.4, -0.2) is 32.8 Å². The number of rotatable bonds is 10. The van der Waals surface area contributed by atoms with E-state index in [2.05, 4.69) is 73.3 Å². The molecule has 7 nitrogen and oxygen atoms in total.